The van der Waals surface area contributed by atoms with Crippen molar-refractivity contribution in [1.29, 1.82) is 0 Å². The number of nitrogens with zero attached hydrogens (tertiary/aromatic N) is 1. The van der Waals surface area contributed by atoms with Crippen molar-refractivity contribution in [2.75, 3.05) is 0 Å². The van der Waals surface area contributed by atoms with Crippen LogP contribution >= 0.6 is 12.2 Å². The van der Waals surface area contributed by atoms with Crippen molar-refractivity contribution in [1.82, 2.24) is 5.32 Å². The van der Waals surface area contributed by atoms with Gasteiger partial charge in [-0.05, 0) is 12.8 Å². The van der Waals surface area contributed by atoms with Gasteiger partial charge in [-0.2, -0.15) is 0 Å². The lowest BCUT2D eigenvalue weighted by Crippen LogP contribution is -2.50. The van der Waals surface area contributed by atoms with Gasteiger partial charge in [-0.15, -0.1) is 0 Å². The van der Waals surface area contributed by atoms with E-state index >= 15 is 0 Å². The summed E-state index contributed by atoms with van der Waals surface area (Å²) in [5, 5.41) is 14.2. The molecule has 0 saturated carbocycles. The lowest BCUT2D eigenvalue weighted by Gasteiger charge is -2.35. The molecule has 1 heterocycles. The van der Waals surface area contributed by atoms with Crippen LogP contribution in [0.3, 0.4) is 0 Å². The molecule has 4 nitrogen and oxygen atoms in total. The van der Waals surface area contributed by atoms with Gasteiger partial charge in [0.1, 0.15) is 0 Å². The van der Waals surface area contributed by atoms with Crippen LogP contribution in [0, 0.1) is 16.0 Å². The zero-order valence-corrected chi connectivity index (χ0v) is 10.3. The molecule has 1 aliphatic heterocycles. The first kappa shape index (κ1) is 12.4. The van der Waals surface area contributed by atoms with Crippen molar-refractivity contribution in [2.45, 2.75) is 51.6 Å². The number of nitro groups is 1. The molecular weight excluding hydrogens is 212 g/mol. The second-order valence-electron chi connectivity index (χ2n) is 4.72. The van der Waals surface area contributed by atoms with Crippen molar-refractivity contribution in [2.24, 2.45) is 5.92 Å². The molecule has 0 amide bonds. The Hall–Kier alpha value is -0.710. The van der Waals surface area contributed by atoms with E-state index in [2.05, 4.69) is 12.2 Å². The van der Waals surface area contributed by atoms with E-state index in [4.69, 9.17) is 12.2 Å². The maximum Gasteiger partial charge on any atom is 0.220 e. The summed E-state index contributed by atoms with van der Waals surface area (Å²) in [4.78, 5) is 11.6. The number of hydrogen-bond donors (Lipinski definition) is 1. The van der Waals surface area contributed by atoms with Crippen LogP contribution in [-0.4, -0.2) is 21.5 Å². The summed E-state index contributed by atoms with van der Waals surface area (Å²) in [6.07, 6.45) is 2.44. The molecule has 1 saturated heterocycles. The molecule has 0 unspecified atom stereocenters. The van der Waals surface area contributed by atoms with Crippen LogP contribution in [0.4, 0.5) is 0 Å². The van der Waals surface area contributed by atoms with Gasteiger partial charge < -0.3 is 5.32 Å². The Bertz CT molecular complexity index is 279. The normalized spacial score (nSPS) is 27.3. The molecule has 1 N–H and O–H groups in total. The van der Waals surface area contributed by atoms with Crippen LogP contribution < -0.4 is 5.32 Å². The molecule has 2 atom stereocenters. The van der Waals surface area contributed by atoms with E-state index in [0.717, 1.165) is 17.8 Å². The second kappa shape index (κ2) is 4.43. The fourth-order valence-electron chi connectivity index (χ4n) is 1.95. The highest BCUT2D eigenvalue weighted by molar-refractivity contribution is 7.80. The van der Waals surface area contributed by atoms with Crippen LogP contribution in [0.2, 0.25) is 0 Å². The lowest BCUT2D eigenvalue weighted by atomic mass is 9.78. The first-order chi connectivity index (χ1) is 6.87. The van der Waals surface area contributed by atoms with Gasteiger partial charge in [0, 0.05) is 37.2 Å². The number of nitrogens with one attached hydrogen (secondary N) is 1. The molecule has 0 aromatic rings. The van der Waals surface area contributed by atoms with Crippen molar-refractivity contribution < 1.29 is 4.92 Å². The minimum Gasteiger partial charge on any atom is -0.377 e. The summed E-state index contributed by atoms with van der Waals surface area (Å²) < 4.78 is 0. The predicted octanol–water partition coefficient (Wildman–Crippen LogP) is 2.15. The highest BCUT2D eigenvalue weighted by Crippen LogP contribution is 2.31. The molecule has 0 bridgehead atoms. The molecule has 5 heteroatoms. The predicted molar refractivity (Wildman–Crippen MR) is 63.6 cm³/mol. The maximum absolute atomic E-state index is 11.0. The average molecular weight is 230 g/mol. The van der Waals surface area contributed by atoms with Crippen molar-refractivity contribution in [3.05, 3.63) is 10.1 Å². The summed E-state index contributed by atoms with van der Waals surface area (Å²) >= 11 is 5.15. The van der Waals surface area contributed by atoms with Gasteiger partial charge in [0.15, 0.2) is 0 Å². The Labute approximate surface area is 95.6 Å². The smallest absolute Gasteiger partial charge is 0.220 e. The number of thiocarbonyl (C=S) groups is 1. The van der Waals surface area contributed by atoms with Crippen LogP contribution in [0.15, 0.2) is 0 Å². The zero-order chi connectivity index (χ0) is 11.6. The molecule has 1 rings (SSSR count). The van der Waals surface area contributed by atoms with Gasteiger partial charge in [0.25, 0.3) is 0 Å². The highest BCUT2D eigenvalue weighted by atomic mass is 32.1. The highest BCUT2D eigenvalue weighted by Gasteiger charge is 2.43. The van der Waals surface area contributed by atoms with E-state index in [1.807, 2.05) is 0 Å². The number of hydrogen-bond acceptors (Lipinski definition) is 3. The minimum atomic E-state index is -0.875. The SMILES string of the molecule is CC[C@H]1C[C@H](C(C)(C)[N+](=O)[O-])CC(=S)N1. The van der Waals surface area contributed by atoms with E-state index in [1.54, 1.807) is 13.8 Å². The van der Waals surface area contributed by atoms with Gasteiger partial charge in [-0.3, -0.25) is 10.1 Å². The van der Waals surface area contributed by atoms with Crippen LogP contribution in [0.1, 0.15) is 40.0 Å². The third-order valence-electron chi connectivity index (χ3n) is 3.33. The summed E-state index contributed by atoms with van der Waals surface area (Å²) in [5.74, 6) is 0.0474. The lowest BCUT2D eigenvalue weighted by molar-refractivity contribution is -0.571. The Morgan fingerprint density at radius 3 is 2.73 bits per heavy atom. The largest absolute Gasteiger partial charge is 0.377 e. The van der Waals surface area contributed by atoms with E-state index < -0.39 is 5.54 Å². The van der Waals surface area contributed by atoms with Gasteiger partial charge in [-0.25, -0.2) is 0 Å². The second-order valence-corrected chi connectivity index (χ2v) is 5.21. The Morgan fingerprint density at radius 1 is 1.67 bits per heavy atom. The Kier molecular flexibility index (Phi) is 3.65. The molecule has 0 spiro atoms. The average Bonchev–Trinajstić information content (AvgIpc) is 2.16. The number of rotatable bonds is 3. The van der Waals surface area contributed by atoms with Gasteiger partial charge >= 0.3 is 0 Å². The Morgan fingerprint density at radius 2 is 2.27 bits per heavy atom. The van der Waals surface area contributed by atoms with E-state index in [1.165, 1.54) is 0 Å². The molecule has 0 radical (unpaired) electrons. The molecule has 0 aliphatic carbocycles. The van der Waals surface area contributed by atoms with Crippen LogP contribution in [0.5, 0.6) is 0 Å². The van der Waals surface area contributed by atoms with Gasteiger partial charge in [-0.1, -0.05) is 19.1 Å². The van der Waals surface area contributed by atoms with Gasteiger partial charge in [0.05, 0.1) is 4.99 Å². The molecule has 15 heavy (non-hydrogen) atoms. The van der Waals surface area contributed by atoms with Crippen LogP contribution in [-0.2, 0) is 0 Å². The van der Waals surface area contributed by atoms with E-state index in [0.29, 0.717) is 12.5 Å². The summed E-state index contributed by atoms with van der Waals surface area (Å²) in [7, 11) is 0. The van der Waals surface area contributed by atoms with Crippen LogP contribution in [0.25, 0.3) is 0 Å². The fourth-order valence-corrected chi connectivity index (χ4v) is 2.32. The third-order valence-corrected chi connectivity index (χ3v) is 3.61. The summed E-state index contributed by atoms with van der Waals surface area (Å²) in [6, 6.07) is 0.301. The third kappa shape index (κ3) is 2.65. The first-order valence-electron chi connectivity index (χ1n) is 5.31. The molecular formula is C10H18N2O2S. The zero-order valence-electron chi connectivity index (χ0n) is 9.45. The quantitative estimate of drug-likeness (QED) is 0.458. The molecule has 0 aromatic heterocycles. The number of piperidine rings is 1. The molecule has 0 aromatic carbocycles. The topological polar surface area (TPSA) is 55.2 Å². The van der Waals surface area contributed by atoms with Crippen molar-refractivity contribution in [3.63, 3.8) is 0 Å². The van der Waals surface area contributed by atoms with E-state index in [9.17, 15) is 10.1 Å². The first-order valence-corrected chi connectivity index (χ1v) is 5.72. The molecule has 86 valence electrons. The minimum absolute atomic E-state index is 0.0474. The summed E-state index contributed by atoms with van der Waals surface area (Å²) in [6.45, 7) is 5.46. The van der Waals surface area contributed by atoms with Crippen molar-refractivity contribution in [3.8, 4) is 0 Å². The maximum atomic E-state index is 11.0. The summed E-state index contributed by atoms with van der Waals surface area (Å²) in [5.41, 5.74) is -0.875. The molecule has 1 fully saturated rings. The standard InChI is InChI=1S/C10H18N2O2S/c1-4-8-5-7(6-9(15)11-8)10(2,3)12(13)14/h7-8H,4-6H2,1-3H3,(H,11,15)/t7-,8-/m0/s1. The van der Waals surface area contributed by atoms with E-state index in [-0.39, 0.29) is 10.8 Å². The molecule has 1 aliphatic rings. The monoisotopic (exact) mass is 230 g/mol. The Balaban J connectivity index is 2.77. The fraction of sp³-hybridized carbons (Fsp3) is 0.900. The van der Waals surface area contributed by atoms with Crippen molar-refractivity contribution >= 4 is 17.2 Å². The van der Waals surface area contributed by atoms with Gasteiger partial charge in [0.2, 0.25) is 5.54 Å².